The highest BCUT2D eigenvalue weighted by Gasteiger charge is 2.42. The van der Waals surface area contributed by atoms with E-state index in [0.717, 1.165) is 18.4 Å². The quantitative estimate of drug-likeness (QED) is 0.539. The minimum absolute atomic E-state index is 0.0904. The van der Waals surface area contributed by atoms with E-state index in [4.69, 9.17) is 5.11 Å². The van der Waals surface area contributed by atoms with Crippen molar-refractivity contribution in [3.63, 3.8) is 0 Å². The maximum absolute atomic E-state index is 10.9. The van der Waals surface area contributed by atoms with Gasteiger partial charge < -0.3 is 5.11 Å². The molecule has 14 heavy (non-hydrogen) atoms. The summed E-state index contributed by atoms with van der Waals surface area (Å²) in [5.74, 6) is -0.0767. The van der Waals surface area contributed by atoms with Crippen LogP contribution in [0.5, 0.6) is 0 Å². The first kappa shape index (κ1) is 9.50. The van der Waals surface area contributed by atoms with Crippen LogP contribution < -0.4 is 0 Å². The lowest BCUT2D eigenvalue weighted by atomic mass is 9.78. The molecule has 2 unspecified atom stereocenters. The fourth-order valence-corrected chi connectivity index (χ4v) is 2.75. The minimum Gasteiger partial charge on any atom is -0.478 e. The molecule has 0 aromatic heterocycles. The Morgan fingerprint density at radius 1 is 1.50 bits per heavy atom. The van der Waals surface area contributed by atoms with E-state index in [1.165, 1.54) is 6.42 Å². The molecule has 2 bridgehead atoms. The van der Waals surface area contributed by atoms with E-state index in [1.807, 2.05) is 6.92 Å². The molecule has 2 nitrogen and oxygen atoms in total. The first-order valence-electron chi connectivity index (χ1n) is 5.16. The van der Waals surface area contributed by atoms with E-state index in [1.54, 1.807) is 6.92 Å². The zero-order valence-corrected chi connectivity index (χ0v) is 8.71. The number of allylic oxidation sites excluding steroid dienone is 3. The van der Waals surface area contributed by atoms with Crippen LogP contribution in [0.2, 0.25) is 0 Å². The second-order valence-electron chi connectivity index (χ2n) is 4.57. The third-order valence-electron chi connectivity index (χ3n) is 3.91. The van der Waals surface area contributed by atoms with Crippen LogP contribution in [-0.2, 0) is 4.79 Å². The van der Waals surface area contributed by atoms with Gasteiger partial charge in [0, 0.05) is 11.0 Å². The molecule has 2 aliphatic rings. The fraction of sp³-hybridized carbons (Fsp3) is 0.583. The Labute approximate surface area is 84.3 Å². The molecule has 2 atom stereocenters. The molecule has 0 amide bonds. The maximum Gasteiger partial charge on any atom is 0.331 e. The molecule has 1 saturated carbocycles. The normalized spacial score (nSPS) is 36.0. The predicted octanol–water partition coefficient (Wildman–Crippen LogP) is 2.76. The van der Waals surface area contributed by atoms with Gasteiger partial charge in [0.15, 0.2) is 0 Å². The van der Waals surface area contributed by atoms with Crippen LogP contribution in [0, 0.1) is 11.3 Å². The van der Waals surface area contributed by atoms with Gasteiger partial charge in [-0.15, -0.1) is 0 Å². The van der Waals surface area contributed by atoms with Gasteiger partial charge in [-0.1, -0.05) is 17.7 Å². The van der Waals surface area contributed by atoms with E-state index in [0.29, 0.717) is 11.5 Å². The van der Waals surface area contributed by atoms with Crippen molar-refractivity contribution in [1.82, 2.24) is 0 Å². The molecule has 0 aromatic rings. The number of rotatable bonds is 2. The highest BCUT2D eigenvalue weighted by molar-refractivity contribution is 5.87. The number of hydrogen-bond donors (Lipinski definition) is 1. The Hall–Kier alpha value is -1.05. The summed E-state index contributed by atoms with van der Waals surface area (Å²) in [6, 6.07) is 0. The number of fused-ring (bicyclic) bond motifs is 2. The molecule has 2 aliphatic carbocycles. The molecule has 0 heterocycles. The van der Waals surface area contributed by atoms with Crippen LogP contribution in [0.1, 0.15) is 33.1 Å². The van der Waals surface area contributed by atoms with Crippen molar-refractivity contribution >= 4 is 5.97 Å². The highest BCUT2D eigenvalue weighted by Crippen LogP contribution is 2.53. The van der Waals surface area contributed by atoms with Crippen LogP contribution in [0.15, 0.2) is 23.3 Å². The monoisotopic (exact) mass is 192 g/mol. The van der Waals surface area contributed by atoms with Gasteiger partial charge >= 0.3 is 5.97 Å². The van der Waals surface area contributed by atoms with Gasteiger partial charge in [-0.25, -0.2) is 4.79 Å². The number of hydrogen-bond acceptors (Lipinski definition) is 1. The number of carbonyl (C=O) groups is 1. The molecular weight excluding hydrogens is 176 g/mol. The average molecular weight is 192 g/mol. The standard InChI is InChI=1S/C12H16O2/c1-8(11(13)14)9(2)12-5-3-10(7-12)4-6-12/h3,5,10H,4,6-7H2,1-2H3,(H,13,14)/b9-8+. The zero-order chi connectivity index (χ0) is 10.3. The number of aliphatic carboxylic acids is 1. The Kier molecular flexibility index (Phi) is 2.02. The summed E-state index contributed by atoms with van der Waals surface area (Å²) >= 11 is 0. The second-order valence-corrected chi connectivity index (χ2v) is 4.57. The maximum atomic E-state index is 10.9. The lowest BCUT2D eigenvalue weighted by Gasteiger charge is -2.25. The van der Waals surface area contributed by atoms with Gasteiger partial charge in [-0.05, 0) is 39.0 Å². The van der Waals surface area contributed by atoms with Crippen LogP contribution in [0.25, 0.3) is 0 Å². The largest absolute Gasteiger partial charge is 0.478 e. The van der Waals surface area contributed by atoms with Crippen molar-refractivity contribution in [1.29, 1.82) is 0 Å². The Morgan fingerprint density at radius 2 is 2.21 bits per heavy atom. The van der Waals surface area contributed by atoms with Gasteiger partial charge in [0.05, 0.1) is 0 Å². The molecule has 0 spiro atoms. The fourth-order valence-electron chi connectivity index (χ4n) is 2.75. The van der Waals surface area contributed by atoms with Gasteiger partial charge in [-0.3, -0.25) is 0 Å². The minimum atomic E-state index is -0.777. The summed E-state index contributed by atoms with van der Waals surface area (Å²) in [5.41, 5.74) is 1.67. The highest BCUT2D eigenvalue weighted by atomic mass is 16.4. The third-order valence-corrected chi connectivity index (χ3v) is 3.91. The first-order valence-corrected chi connectivity index (χ1v) is 5.16. The third kappa shape index (κ3) is 1.21. The number of carboxylic acids is 1. The Balaban J connectivity index is 2.36. The van der Waals surface area contributed by atoms with Crippen LogP contribution in [-0.4, -0.2) is 11.1 Å². The topological polar surface area (TPSA) is 37.3 Å². The molecular formula is C12H16O2. The van der Waals surface area contributed by atoms with Crippen molar-refractivity contribution in [3.05, 3.63) is 23.3 Å². The molecule has 2 rings (SSSR count). The van der Waals surface area contributed by atoms with Crippen molar-refractivity contribution < 1.29 is 9.90 Å². The van der Waals surface area contributed by atoms with E-state index < -0.39 is 5.97 Å². The lowest BCUT2D eigenvalue weighted by molar-refractivity contribution is -0.132. The predicted molar refractivity (Wildman–Crippen MR) is 54.9 cm³/mol. The van der Waals surface area contributed by atoms with E-state index >= 15 is 0 Å². The smallest absolute Gasteiger partial charge is 0.331 e. The second kappa shape index (κ2) is 2.97. The van der Waals surface area contributed by atoms with Gasteiger partial charge in [0.25, 0.3) is 0 Å². The molecule has 1 N–H and O–H groups in total. The van der Waals surface area contributed by atoms with E-state index in [9.17, 15) is 4.79 Å². The van der Waals surface area contributed by atoms with Crippen molar-refractivity contribution in [2.45, 2.75) is 33.1 Å². The summed E-state index contributed by atoms with van der Waals surface area (Å²) in [6.45, 7) is 3.69. The molecule has 2 heteroatoms. The van der Waals surface area contributed by atoms with Gasteiger partial charge in [0.1, 0.15) is 0 Å². The molecule has 0 aliphatic heterocycles. The zero-order valence-electron chi connectivity index (χ0n) is 8.71. The summed E-state index contributed by atoms with van der Waals surface area (Å²) < 4.78 is 0. The van der Waals surface area contributed by atoms with E-state index in [-0.39, 0.29) is 5.41 Å². The summed E-state index contributed by atoms with van der Waals surface area (Å²) in [5, 5.41) is 8.95. The Morgan fingerprint density at radius 3 is 2.57 bits per heavy atom. The summed E-state index contributed by atoms with van der Waals surface area (Å²) in [7, 11) is 0. The van der Waals surface area contributed by atoms with E-state index in [2.05, 4.69) is 12.2 Å². The molecule has 76 valence electrons. The molecule has 0 aromatic carbocycles. The SMILES string of the molecule is C/C(C(=O)O)=C(/C)C12C=CC(CC1)C2. The lowest BCUT2D eigenvalue weighted by Crippen LogP contribution is -2.17. The molecule has 0 saturated heterocycles. The van der Waals surface area contributed by atoms with Crippen LogP contribution in [0.3, 0.4) is 0 Å². The molecule has 0 radical (unpaired) electrons. The van der Waals surface area contributed by atoms with Gasteiger partial charge in [-0.2, -0.15) is 0 Å². The average Bonchev–Trinajstić information content (AvgIpc) is 2.75. The van der Waals surface area contributed by atoms with Crippen molar-refractivity contribution in [3.8, 4) is 0 Å². The summed E-state index contributed by atoms with van der Waals surface area (Å²) in [4.78, 5) is 10.9. The van der Waals surface area contributed by atoms with Crippen molar-refractivity contribution in [2.24, 2.45) is 11.3 Å². The van der Waals surface area contributed by atoms with Gasteiger partial charge in [0.2, 0.25) is 0 Å². The summed E-state index contributed by atoms with van der Waals surface area (Å²) in [6.07, 6.45) is 7.96. The van der Waals surface area contributed by atoms with Crippen molar-refractivity contribution in [2.75, 3.05) is 0 Å². The van der Waals surface area contributed by atoms with Crippen LogP contribution >= 0.6 is 0 Å². The van der Waals surface area contributed by atoms with Crippen LogP contribution in [0.4, 0.5) is 0 Å². The Bertz CT molecular complexity index is 338. The first-order chi connectivity index (χ1) is 6.55. The number of carboxylic acid groups (broad SMARTS) is 1. The molecule has 1 fully saturated rings.